The molecule has 0 N–H and O–H groups in total. The molecule has 0 unspecified atom stereocenters. The molecule has 2 heteroatoms. The highest BCUT2D eigenvalue weighted by Gasteiger charge is 2.09. The minimum absolute atomic E-state index is 0.757. The van der Waals surface area contributed by atoms with Crippen molar-refractivity contribution in [3.8, 4) is 0 Å². The first-order valence-corrected chi connectivity index (χ1v) is 5.04. The monoisotopic (exact) mass is 132 g/mol. The maximum Gasteiger partial charge on any atom is 0.107 e. The summed E-state index contributed by atoms with van der Waals surface area (Å²) in [6, 6.07) is 0. The third kappa shape index (κ3) is 1.83. The molecule has 1 nitrogen and oxygen atoms in total. The molecule has 0 fully saturated rings. The van der Waals surface area contributed by atoms with Crippen LogP contribution in [0.15, 0.2) is 12.4 Å². The molecule has 0 aromatic rings. The Hall–Kier alpha value is -0.0300. The van der Waals surface area contributed by atoms with Crippen LogP contribution < -0.4 is 0 Å². The summed E-state index contributed by atoms with van der Waals surface area (Å²) in [6.45, 7) is 7.38. The molecule has 0 atom stereocenters. The Kier molecular flexibility index (Phi) is 3.08. The summed E-state index contributed by atoms with van der Waals surface area (Å²) in [4.78, 5) is 0. The fourth-order valence-electron chi connectivity index (χ4n) is 0.482. The molecule has 0 heterocycles. The zero-order valence-corrected chi connectivity index (χ0v) is 6.45. The Morgan fingerprint density at radius 1 is 1.50 bits per heavy atom. The van der Waals surface area contributed by atoms with Gasteiger partial charge in [-0.2, -0.15) is 0 Å². The van der Waals surface area contributed by atoms with Gasteiger partial charge in [0.1, 0.15) is 7.14 Å². The van der Waals surface area contributed by atoms with Gasteiger partial charge in [0.25, 0.3) is 0 Å². The van der Waals surface area contributed by atoms with E-state index in [9.17, 15) is 4.57 Å². The van der Waals surface area contributed by atoms with Crippen LogP contribution in [0.5, 0.6) is 0 Å². The van der Waals surface area contributed by atoms with E-state index in [-0.39, 0.29) is 0 Å². The molecule has 0 aliphatic rings. The molecular weight excluding hydrogens is 119 g/mol. The van der Waals surface area contributed by atoms with Crippen molar-refractivity contribution in [3.05, 3.63) is 12.4 Å². The average Bonchev–Trinajstić information content (AvgIpc) is 1.87. The van der Waals surface area contributed by atoms with E-state index in [1.54, 1.807) is 5.82 Å². The van der Waals surface area contributed by atoms with E-state index >= 15 is 0 Å². The minimum atomic E-state index is -1.90. The summed E-state index contributed by atoms with van der Waals surface area (Å²) in [5, 5.41) is 0. The van der Waals surface area contributed by atoms with E-state index in [4.69, 9.17) is 0 Å². The van der Waals surface area contributed by atoms with Crippen LogP contribution in [0.3, 0.4) is 0 Å². The molecule has 0 rings (SSSR count). The van der Waals surface area contributed by atoms with Crippen LogP contribution in [0.2, 0.25) is 0 Å². The Balaban J connectivity index is 3.99. The van der Waals surface area contributed by atoms with Crippen molar-refractivity contribution in [1.29, 1.82) is 0 Å². The van der Waals surface area contributed by atoms with Crippen LogP contribution in [-0.2, 0) is 4.57 Å². The van der Waals surface area contributed by atoms with Crippen molar-refractivity contribution in [2.45, 2.75) is 13.8 Å². The van der Waals surface area contributed by atoms with Crippen LogP contribution in [0.4, 0.5) is 0 Å². The molecule has 8 heavy (non-hydrogen) atoms. The van der Waals surface area contributed by atoms with Gasteiger partial charge in [-0.15, -0.1) is 0 Å². The molecule has 0 amide bonds. The van der Waals surface area contributed by atoms with Crippen LogP contribution in [-0.4, -0.2) is 12.3 Å². The molecular formula is C6H13OP. The summed E-state index contributed by atoms with van der Waals surface area (Å²) in [6.07, 6.45) is 1.51. The number of hydrogen-bond donors (Lipinski definition) is 0. The predicted octanol–water partition coefficient (Wildman–Crippen LogP) is 2.53. The van der Waals surface area contributed by atoms with E-state index in [0.29, 0.717) is 0 Å². The van der Waals surface area contributed by atoms with Gasteiger partial charge in [0.2, 0.25) is 0 Å². The second kappa shape index (κ2) is 3.09. The molecule has 0 bridgehead atoms. The zero-order chi connectivity index (χ0) is 6.62. The number of hydrogen-bond acceptors (Lipinski definition) is 1. The Labute approximate surface area is 51.2 Å². The van der Waals surface area contributed by atoms with Gasteiger partial charge in [0.15, 0.2) is 0 Å². The van der Waals surface area contributed by atoms with Crippen LogP contribution in [0.1, 0.15) is 13.8 Å². The number of rotatable bonds is 3. The van der Waals surface area contributed by atoms with E-state index in [1.165, 1.54) is 0 Å². The van der Waals surface area contributed by atoms with Crippen LogP contribution in [0.25, 0.3) is 0 Å². The summed E-state index contributed by atoms with van der Waals surface area (Å²) < 4.78 is 11.2. The third-order valence-electron chi connectivity index (χ3n) is 1.40. The molecule has 48 valence electrons. The van der Waals surface area contributed by atoms with Crippen molar-refractivity contribution in [2.24, 2.45) is 0 Å². The smallest absolute Gasteiger partial charge is 0.107 e. The highest BCUT2D eigenvalue weighted by Crippen LogP contribution is 2.45. The molecule has 0 spiro atoms. The van der Waals surface area contributed by atoms with Gasteiger partial charge in [-0.25, -0.2) is 0 Å². The van der Waals surface area contributed by atoms with Crippen molar-refractivity contribution < 1.29 is 4.57 Å². The fraction of sp³-hybridized carbons (Fsp3) is 0.667. The zero-order valence-electron chi connectivity index (χ0n) is 5.55. The second-order valence-electron chi connectivity index (χ2n) is 1.77. The summed E-state index contributed by atoms with van der Waals surface area (Å²) in [5.41, 5.74) is 0. The lowest BCUT2D eigenvalue weighted by Gasteiger charge is -2.04. The van der Waals surface area contributed by atoms with Crippen molar-refractivity contribution >= 4 is 7.14 Å². The lowest BCUT2D eigenvalue weighted by atomic mass is 11.0. The Morgan fingerprint density at radius 2 is 1.88 bits per heavy atom. The molecule has 0 aromatic heterocycles. The first kappa shape index (κ1) is 7.97. The maximum absolute atomic E-state index is 11.2. The van der Waals surface area contributed by atoms with E-state index in [0.717, 1.165) is 12.3 Å². The summed E-state index contributed by atoms with van der Waals surface area (Å²) in [5.74, 6) is 1.60. The summed E-state index contributed by atoms with van der Waals surface area (Å²) in [7, 11) is -1.90. The Morgan fingerprint density at radius 3 is 1.88 bits per heavy atom. The Bertz CT molecular complexity index is 110. The molecule has 0 radical (unpaired) electrons. The minimum Gasteiger partial charge on any atom is -0.319 e. The normalized spacial score (nSPS) is 11.2. The van der Waals surface area contributed by atoms with Gasteiger partial charge in [0, 0.05) is 12.3 Å². The lowest BCUT2D eigenvalue weighted by Crippen LogP contribution is -1.82. The molecule has 0 saturated heterocycles. The molecule has 0 aliphatic heterocycles. The van der Waals surface area contributed by atoms with Gasteiger partial charge >= 0.3 is 0 Å². The van der Waals surface area contributed by atoms with Crippen molar-refractivity contribution in [1.82, 2.24) is 0 Å². The van der Waals surface area contributed by atoms with Gasteiger partial charge in [0.05, 0.1) is 0 Å². The largest absolute Gasteiger partial charge is 0.319 e. The van der Waals surface area contributed by atoms with E-state index in [2.05, 4.69) is 6.58 Å². The molecule has 0 aromatic carbocycles. The predicted molar refractivity (Wildman–Crippen MR) is 38.9 cm³/mol. The standard InChI is InChI=1S/C6H13OP/c1-4-8(7,5-2)6-3/h4H,1,5-6H2,2-3H3. The average molecular weight is 132 g/mol. The highest BCUT2D eigenvalue weighted by atomic mass is 31.2. The fourth-order valence-corrected chi connectivity index (χ4v) is 1.45. The van der Waals surface area contributed by atoms with E-state index < -0.39 is 7.14 Å². The van der Waals surface area contributed by atoms with Crippen molar-refractivity contribution in [3.63, 3.8) is 0 Å². The molecule has 0 saturated carbocycles. The maximum atomic E-state index is 11.2. The third-order valence-corrected chi connectivity index (χ3v) is 4.21. The SMILES string of the molecule is C=CP(=O)(CC)CC. The lowest BCUT2D eigenvalue weighted by molar-refractivity contribution is 0.582. The van der Waals surface area contributed by atoms with Gasteiger partial charge in [-0.1, -0.05) is 20.4 Å². The quantitative estimate of drug-likeness (QED) is 0.539. The van der Waals surface area contributed by atoms with Crippen LogP contribution >= 0.6 is 7.14 Å². The van der Waals surface area contributed by atoms with Crippen LogP contribution in [0, 0.1) is 0 Å². The topological polar surface area (TPSA) is 17.1 Å². The van der Waals surface area contributed by atoms with Gasteiger partial charge < -0.3 is 4.57 Å². The first-order chi connectivity index (χ1) is 3.68. The first-order valence-electron chi connectivity index (χ1n) is 2.90. The summed E-state index contributed by atoms with van der Waals surface area (Å²) >= 11 is 0. The van der Waals surface area contributed by atoms with Gasteiger partial charge in [-0.3, -0.25) is 0 Å². The molecule has 0 aliphatic carbocycles. The van der Waals surface area contributed by atoms with Gasteiger partial charge in [-0.05, 0) is 5.82 Å². The highest BCUT2D eigenvalue weighted by molar-refractivity contribution is 7.66. The second-order valence-corrected chi connectivity index (χ2v) is 5.30. The van der Waals surface area contributed by atoms with Crippen molar-refractivity contribution in [2.75, 3.05) is 12.3 Å². The van der Waals surface area contributed by atoms with E-state index in [1.807, 2.05) is 13.8 Å².